The average Bonchev–Trinajstić information content (AvgIpc) is 3.61. The number of methoxy groups -OCH3 is 1. The van der Waals surface area contributed by atoms with Gasteiger partial charge in [-0.15, -0.1) is 6.58 Å². The van der Waals surface area contributed by atoms with Crippen molar-refractivity contribution in [3.63, 3.8) is 0 Å². The van der Waals surface area contributed by atoms with Gasteiger partial charge in [-0.25, -0.2) is 19.6 Å². The summed E-state index contributed by atoms with van der Waals surface area (Å²) < 4.78 is 54.1. The molecule has 0 unspecified atom stereocenters. The minimum absolute atomic E-state index is 0.183. The second-order valence-corrected chi connectivity index (χ2v) is 16.6. The van der Waals surface area contributed by atoms with Gasteiger partial charge < -0.3 is 29.2 Å². The number of halogens is 2. The molecule has 2 heterocycles. The lowest BCUT2D eigenvalue weighted by atomic mass is 9.85. The van der Waals surface area contributed by atoms with Gasteiger partial charge in [-0.2, -0.15) is 8.78 Å². The van der Waals surface area contributed by atoms with Crippen LogP contribution in [0.15, 0.2) is 43.5 Å². The highest BCUT2D eigenvalue weighted by Crippen LogP contribution is 2.57. The second kappa shape index (κ2) is 15.2. The second-order valence-electron chi connectivity index (χ2n) is 16.6. The number of benzene rings is 1. The lowest BCUT2D eigenvalue weighted by molar-refractivity contribution is -0.165. The van der Waals surface area contributed by atoms with Gasteiger partial charge in [0.1, 0.15) is 35.6 Å². The van der Waals surface area contributed by atoms with Crippen molar-refractivity contribution < 1.29 is 42.1 Å². The number of carbonyl (C=O) groups is 3. The zero-order valence-electron chi connectivity index (χ0n) is 32.1. The molecule has 8 atom stereocenters. The normalized spacial score (nSPS) is 26.0. The number of ether oxygens (including phenoxy) is 4. The van der Waals surface area contributed by atoms with Gasteiger partial charge in [0.2, 0.25) is 11.8 Å². The number of rotatable bonds is 13. The average molecular weight is 741 g/mol. The van der Waals surface area contributed by atoms with Crippen LogP contribution in [0.25, 0.3) is 11.0 Å². The fourth-order valence-electron chi connectivity index (χ4n) is 7.83. The van der Waals surface area contributed by atoms with E-state index in [0.717, 1.165) is 25.7 Å². The topological polar surface area (TPSA) is 129 Å². The van der Waals surface area contributed by atoms with Crippen LogP contribution >= 0.6 is 0 Å². The van der Waals surface area contributed by atoms with Crippen molar-refractivity contribution in [3.05, 3.63) is 49.2 Å². The molecule has 2 saturated carbocycles. The van der Waals surface area contributed by atoms with E-state index in [9.17, 15) is 14.4 Å². The van der Waals surface area contributed by atoms with Crippen LogP contribution in [-0.4, -0.2) is 76.4 Å². The van der Waals surface area contributed by atoms with Crippen molar-refractivity contribution >= 4 is 29.0 Å². The number of alkyl carbamates (subject to hydrolysis) is 1. The SMILES string of the molecule is C=CCC[C@@H]1[C@H]2C[C@H]2C[C@H]1OC(=O)N[C@H](C(=O)N1C[C@H](Oc2nc3cc(OC)ccc3nc2C(F)(F)C=C)[C@@H](CC)[C@H]1C(=O)OC(C)(C)C)C(C)(C)C. The minimum Gasteiger partial charge on any atom is -0.497 e. The Labute approximate surface area is 310 Å². The number of alkyl halides is 2. The van der Waals surface area contributed by atoms with Crippen LogP contribution in [-0.2, 0) is 25.0 Å². The first-order valence-corrected chi connectivity index (χ1v) is 18.5. The molecule has 0 bridgehead atoms. The summed E-state index contributed by atoms with van der Waals surface area (Å²) in [5, 5.41) is 2.83. The molecule has 3 aliphatic rings. The zero-order chi connectivity index (χ0) is 39.0. The third-order valence-corrected chi connectivity index (χ3v) is 10.6. The number of likely N-dealkylation sites (tertiary alicyclic amines) is 1. The maximum absolute atomic E-state index is 15.4. The first kappa shape index (κ1) is 39.9. The van der Waals surface area contributed by atoms with Crippen molar-refractivity contribution in [2.75, 3.05) is 13.7 Å². The monoisotopic (exact) mass is 740 g/mol. The maximum atomic E-state index is 15.4. The van der Waals surface area contributed by atoms with Crippen LogP contribution in [0.2, 0.25) is 0 Å². The first-order valence-electron chi connectivity index (χ1n) is 18.5. The molecule has 53 heavy (non-hydrogen) atoms. The molecule has 1 aliphatic heterocycles. The Bertz CT molecular complexity index is 1720. The van der Waals surface area contributed by atoms with Crippen molar-refractivity contribution in [1.82, 2.24) is 20.2 Å². The van der Waals surface area contributed by atoms with Crippen LogP contribution in [0.1, 0.15) is 86.3 Å². The Morgan fingerprint density at radius 2 is 1.75 bits per heavy atom. The number of fused-ring (bicyclic) bond motifs is 2. The molecule has 2 aromatic rings. The largest absolute Gasteiger partial charge is 0.497 e. The number of hydrogen-bond donors (Lipinski definition) is 1. The van der Waals surface area contributed by atoms with Gasteiger partial charge in [0.15, 0.2) is 5.69 Å². The van der Waals surface area contributed by atoms with E-state index < -0.39 is 70.6 Å². The van der Waals surface area contributed by atoms with Crippen molar-refractivity contribution in [2.24, 2.45) is 29.1 Å². The predicted molar refractivity (Wildman–Crippen MR) is 196 cm³/mol. The number of nitrogens with zero attached hydrogens (tertiary/aromatic N) is 3. The van der Waals surface area contributed by atoms with Crippen molar-refractivity contribution in [3.8, 4) is 11.6 Å². The third-order valence-electron chi connectivity index (χ3n) is 10.6. The summed E-state index contributed by atoms with van der Waals surface area (Å²) >= 11 is 0. The highest BCUT2D eigenvalue weighted by atomic mass is 19.3. The molecule has 290 valence electrons. The molecule has 1 aromatic heterocycles. The molecule has 5 rings (SSSR count). The number of carbonyl (C=O) groups excluding carboxylic acids is 3. The molecular formula is C40H54F2N4O7. The lowest BCUT2D eigenvalue weighted by Gasteiger charge is -2.36. The fourth-order valence-corrected chi connectivity index (χ4v) is 7.83. The van der Waals surface area contributed by atoms with E-state index in [4.69, 9.17) is 18.9 Å². The molecule has 1 N–H and O–H groups in total. The Kier molecular flexibility index (Phi) is 11.5. The van der Waals surface area contributed by atoms with E-state index >= 15 is 8.78 Å². The van der Waals surface area contributed by atoms with E-state index in [-0.39, 0.29) is 29.6 Å². The van der Waals surface area contributed by atoms with Crippen LogP contribution < -0.4 is 14.8 Å². The Morgan fingerprint density at radius 3 is 2.36 bits per heavy atom. The number of hydrogen-bond acceptors (Lipinski definition) is 9. The first-order chi connectivity index (χ1) is 24.8. The maximum Gasteiger partial charge on any atom is 0.408 e. The number of esters is 1. The molecular weight excluding hydrogens is 686 g/mol. The van der Waals surface area contributed by atoms with Crippen LogP contribution in [0, 0.1) is 29.1 Å². The number of allylic oxidation sites excluding steroid dienone is 2. The highest BCUT2D eigenvalue weighted by molar-refractivity contribution is 5.91. The summed E-state index contributed by atoms with van der Waals surface area (Å²) in [6, 6.07) is 2.36. The lowest BCUT2D eigenvalue weighted by Crippen LogP contribution is -2.58. The van der Waals surface area contributed by atoms with Gasteiger partial charge in [-0.1, -0.05) is 40.3 Å². The number of amides is 2. The highest BCUT2D eigenvalue weighted by Gasteiger charge is 2.55. The molecule has 3 fully saturated rings. The molecule has 0 spiro atoms. The smallest absolute Gasteiger partial charge is 0.408 e. The summed E-state index contributed by atoms with van der Waals surface area (Å²) in [7, 11) is 1.47. The van der Waals surface area contributed by atoms with E-state index in [0.29, 0.717) is 30.1 Å². The van der Waals surface area contributed by atoms with Gasteiger partial charge in [-0.3, -0.25) is 4.79 Å². The molecule has 13 heteroatoms. The van der Waals surface area contributed by atoms with Crippen LogP contribution in [0.5, 0.6) is 11.6 Å². The summed E-state index contributed by atoms with van der Waals surface area (Å²) in [6.07, 6.45) is 4.32. The molecule has 1 aromatic carbocycles. The van der Waals surface area contributed by atoms with Crippen LogP contribution in [0.3, 0.4) is 0 Å². The van der Waals surface area contributed by atoms with Gasteiger partial charge >= 0.3 is 18.0 Å². The van der Waals surface area contributed by atoms with E-state index in [1.807, 2.05) is 13.0 Å². The number of nitrogens with one attached hydrogen (secondary N) is 1. The Balaban J connectivity index is 1.47. The molecule has 1 saturated heterocycles. The van der Waals surface area contributed by atoms with Gasteiger partial charge in [0.25, 0.3) is 0 Å². The molecule has 0 radical (unpaired) electrons. The summed E-state index contributed by atoms with van der Waals surface area (Å²) in [4.78, 5) is 52.2. The third kappa shape index (κ3) is 8.75. The number of aromatic nitrogens is 2. The Hall–Kier alpha value is -4.29. The minimum atomic E-state index is -3.62. The predicted octanol–water partition coefficient (Wildman–Crippen LogP) is 7.37. The van der Waals surface area contributed by atoms with Gasteiger partial charge in [0, 0.05) is 12.0 Å². The van der Waals surface area contributed by atoms with Gasteiger partial charge in [0.05, 0.1) is 24.7 Å². The van der Waals surface area contributed by atoms with Gasteiger partial charge in [-0.05, 0) is 94.3 Å². The quantitative estimate of drug-likeness (QED) is 0.165. The molecule has 2 aliphatic carbocycles. The van der Waals surface area contributed by atoms with E-state index in [1.54, 1.807) is 53.7 Å². The van der Waals surface area contributed by atoms with Crippen molar-refractivity contribution in [1.29, 1.82) is 0 Å². The summed E-state index contributed by atoms with van der Waals surface area (Å²) in [6.45, 7) is 19.3. The molecule has 11 nitrogen and oxygen atoms in total. The molecule has 2 amide bonds. The Morgan fingerprint density at radius 1 is 1.04 bits per heavy atom. The van der Waals surface area contributed by atoms with Crippen molar-refractivity contribution in [2.45, 2.75) is 116 Å². The van der Waals surface area contributed by atoms with Crippen LogP contribution in [0.4, 0.5) is 13.6 Å². The fraction of sp³-hybridized carbons (Fsp3) is 0.625. The standard InChI is InChI=1S/C40H54F2N4O7/c1-11-14-15-25-26-18-22(26)19-29(25)52-37(49)45-33(38(4,5)6)35(47)46-21-30(24(12-2)31(46)36(48)53-39(7,8)9)51-34-32(40(41,42)13-3)43-27-17-16-23(50-10)20-28(27)44-34/h11,13,16-17,20,22,24-26,29-31,33H,1,3,12,14-15,18-19,21H2,2,4-10H3,(H,45,49)/t22-,24+,25+,26-,29+,30-,31-,33+/m0/s1. The zero-order valence-corrected chi connectivity index (χ0v) is 32.1. The summed E-state index contributed by atoms with van der Waals surface area (Å²) in [5.41, 5.74) is -2.05. The van der Waals surface area contributed by atoms with E-state index in [1.165, 1.54) is 18.1 Å². The van der Waals surface area contributed by atoms with E-state index in [2.05, 4.69) is 28.4 Å². The summed E-state index contributed by atoms with van der Waals surface area (Å²) in [5.74, 6) is -4.27.